The first-order chi connectivity index (χ1) is 17.4. The van der Waals surface area contributed by atoms with Crippen LogP contribution in [0.2, 0.25) is 0 Å². The maximum Gasteiger partial charge on any atom is 0.257 e. The lowest BCUT2D eigenvalue weighted by Crippen LogP contribution is -2.32. The number of hydrogen-bond acceptors (Lipinski definition) is 6. The van der Waals surface area contributed by atoms with Crippen molar-refractivity contribution in [3.05, 3.63) is 96.1 Å². The molecule has 2 amide bonds. The second-order valence-electron chi connectivity index (χ2n) is 8.42. The molecule has 0 atom stereocenters. The van der Waals surface area contributed by atoms with Crippen molar-refractivity contribution in [2.45, 2.75) is 13.0 Å². The molecular formula is C28H26N4O4. The Balaban J connectivity index is 1.70. The van der Waals surface area contributed by atoms with Crippen LogP contribution < -0.4 is 9.64 Å². The van der Waals surface area contributed by atoms with E-state index in [2.05, 4.69) is 9.97 Å². The Kier molecular flexibility index (Phi) is 7.34. The molecule has 8 heteroatoms. The second kappa shape index (κ2) is 10.8. The molecule has 0 aliphatic rings. The van der Waals surface area contributed by atoms with E-state index in [-0.39, 0.29) is 18.3 Å². The molecular weight excluding hydrogens is 456 g/mol. The van der Waals surface area contributed by atoms with Gasteiger partial charge in [-0.05, 0) is 40.6 Å². The van der Waals surface area contributed by atoms with Crippen molar-refractivity contribution < 1.29 is 19.1 Å². The maximum atomic E-state index is 13.5. The molecule has 4 rings (SSSR count). The number of amides is 2. The van der Waals surface area contributed by atoms with Crippen molar-refractivity contribution >= 4 is 34.1 Å². The number of anilines is 1. The molecule has 4 aromatic rings. The lowest BCUT2D eigenvalue weighted by Gasteiger charge is -2.24. The molecule has 0 spiro atoms. The summed E-state index contributed by atoms with van der Waals surface area (Å²) < 4.78 is 5.47. The minimum Gasteiger partial charge on any atom is -0.496 e. The van der Waals surface area contributed by atoms with Crippen LogP contribution in [-0.4, -0.2) is 53.7 Å². The molecule has 0 aliphatic heterocycles. The number of nitrogens with zero attached hydrogens (tertiary/aromatic N) is 4. The van der Waals surface area contributed by atoms with E-state index in [4.69, 9.17) is 4.74 Å². The van der Waals surface area contributed by atoms with Gasteiger partial charge in [-0.2, -0.15) is 0 Å². The molecule has 1 heterocycles. The van der Waals surface area contributed by atoms with Gasteiger partial charge in [-0.25, -0.2) is 9.97 Å². The standard InChI is InChI=1S/C28H26N4O4/c1-31(2)28(35)23-12-11-22(16-25(23)36-3)32(26(34)17-24(33)27-29-13-6-14-30-27)18-19-9-10-20-7-4-5-8-21(20)15-19/h4-16H,17-18H2,1-3H3. The van der Waals surface area contributed by atoms with Crippen LogP contribution in [0.3, 0.4) is 0 Å². The molecule has 8 nitrogen and oxygen atoms in total. The number of hydrogen-bond donors (Lipinski definition) is 0. The van der Waals surface area contributed by atoms with E-state index in [0.29, 0.717) is 17.0 Å². The molecule has 0 saturated heterocycles. The Morgan fingerprint density at radius 1 is 0.861 bits per heavy atom. The van der Waals surface area contributed by atoms with Gasteiger partial charge in [0.25, 0.3) is 5.91 Å². The van der Waals surface area contributed by atoms with Gasteiger partial charge in [0.15, 0.2) is 5.82 Å². The first-order valence-corrected chi connectivity index (χ1v) is 11.4. The van der Waals surface area contributed by atoms with Crippen LogP contribution >= 0.6 is 0 Å². The molecule has 36 heavy (non-hydrogen) atoms. The Hall–Kier alpha value is -4.59. The van der Waals surface area contributed by atoms with Crippen molar-refractivity contribution in [3.8, 4) is 5.75 Å². The molecule has 0 bridgehead atoms. The average Bonchev–Trinajstić information content (AvgIpc) is 2.91. The smallest absolute Gasteiger partial charge is 0.257 e. The number of benzene rings is 3. The third kappa shape index (κ3) is 5.38. The van der Waals surface area contributed by atoms with E-state index >= 15 is 0 Å². The first kappa shape index (κ1) is 24.5. The minimum absolute atomic E-state index is 0.0130. The molecule has 3 aromatic carbocycles. The van der Waals surface area contributed by atoms with Crippen LogP contribution in [0.15, 0.2) is 79.1 Å². The third-order valence-electron chi connectivity index (χ3n) is 5.72. The highest BCUT2D eigenvalue weighted by Crippen LogP contribution is 2.29. The van der Waals surface area contributed by atoms with Crippen molar-refractivity contribution in [1.29, 1.82) is 0 Å². The van der Waals surface area contributed by atoms with Gasteiger partial charge < -0.3 is 14.5 Å². The number of fused-ring (bicyclic) bond motifs is 1. The SMILES string of the molecule is COc1cc(N(Cc2ccc3ccccc3c2)C(=O)CC(=O)c2ncccn2)ccc1C(=O)N(C)C. The predicted molar refractivity (Wildman–Crippen MR) is 137 cm³/mol. The Morgan fingerprint density at radius 2 is 1.58 bits per heavy atom. The maximum absolute atomic E-state index is 13.5. The summed E-state index contributed by atoms with van der Waals surface area (Å²) in [5.74, 6) is -0.798. The van der Waals surface area contributed by atoms with E-state index < -0.39 is 18.1 Å². The number of ketones is 1. The summed E-state index contributed by atoms with van der Waals surface area (Å²) in [7, 11) is 4.78. The van der Waals surface area contributed by atoms with E-state index in [9.17, 15) is 14.4 Å². The number of Topliss-reactive ketones (excluding diaryl/α,β-unsaturated/α-hetero) is 1. The summed E-state index contributed by atoms with van der Waals surface area (Å²) in [5, 5.41) is 2.13. The molecule has 0 unspecified atom stereocenters. The van der Waals surface area contributed by atoms with Crippen LogP contribution in [-0.2, 0) is 11.3 Å². The van der Waals surface area contributed by atoms with E-state index in [1.807, 2.05) is 42.5 Å². The third-order valence-corrected chi connectivity index (χ3v) is 5.72. The largest absolute Gasteiger partial charge is 0.496 e. The van der Waals surface area contributed by atoms with Gasteiger partial charge in [0.05, 0.1) is 25.6 Å². The normalized spacial score (nSPS) is 10.6. The fraction of sp³-hybridized carbons (Fsp3) is 0.179. The zero-order valence-electron chi connectivity index (χ0n) is 20.3. The summed E-state index contributed by atoms with van der Waals surface area (Å²) >= 11 is 0. The monoisotopic (exact) mass is 482 g/mol. The average molecular weight is 483 g/mol. The van der Waals surface area contributed by atoms with Crippen LogP contribution in [0.25, 0.3) is 10.8 Å². The summed E-state index contributed by atoms with van der Waals surface area (Å²) in [6.07, 6.45) is 2.52. The summed E-state index contributed by atoms with van der Waals surface area (Å²) in [5.41, 5.74) is 1.76. The number of ether oxygens (including phenoxy) is 1. The zero-order chi connectivity index (χ0) is 25.7. The van der Waals surface area contributed by atoms with E-state index in [1.54, 1.807) is 38.4 Å². The zero-order valence-corrected chi connectivity index (χ0v) is 20.3. The van der Waals surface area contributed by atoms with Gasteiger partial charge in [-0.1, -0.05) is 36.4 Å². The number of aromatic nitrogens is 2. The second-order valence-corrected chi connectivity index (χ2v) is 8.42. The van der Waals surface area contributed by atoms with Crippen LogP contribution in [0.5, 0.6) is 5.75 Å². The first-order valence-electron chi connectivity index (χ1n) is 11.4. The topological polar surface area (TPSA) is 92.7 Å². The fourth-order valence-corrected chi connectivity index (χ4v) is 3.86. The summed E-state index contributed by atoms with van der Waals surface area (Å²) in [6, 6.07) is 20.5. The Morgan fingerprint density at radius 3 is 2.28 bits per heavy atom. The highest BCUT2D eigenvalue weighted by atomic mass is 16.5. The quantitative estimate of drug-likeness (QED) is 0.277. The van der Waals surface area contributed by atoms with Gasteiger partial charge >= 0.3 is 0 Å². The van der Waals surface area contributed by atoms with Gasteiger partial charge in [-0.3, -0.25) is 14.4 Å². The molecule has 0 saturated carbocycles. The van der Waals surface area contributed by atoms with Gasteiger partial charge in [0.1, 0.15) is 5.75 Å². The number of methoxy groups -OCH3 is 1. The highest BCUT2D eigenvalue weighted by molar-refractivity contribution is 6.10. The Bertz CT molecular complexity index is 1420. The lowest BCUT2D eigenvalue weighted by atomic mass is 10.1. The van der Waals surface area contributed by atoms with Gasteiger partial charge in [0, 0.05) is 38.2 Å². The van der Waals surface area contributed by atoms with Crippen molar-refractivity contribution in [3.63, 3.8) is 0 Å². The van der Waals surface area contributed by atoms with Crippen molar-refractivity contribution in [2.75, 3.05) is 26.1 Å². The van der Waals surface area contributed by atoms with E-state index in [1.165, 1.54) is 29.3 Å². The minimum atomic E-state index is -0.476. The summed E-state index contributed by atoms with van der Waals surface area (Å²) in [4.78, 5) is 49.6. The molecule has 0 aliphatic carbocycles. The van der Waals surface area contributed by atoms with Gasteiger partial charge in [0.2, 0.25) is 11.7 Å². The van der Waals surface area contributed by atoms with Crippen molar-refractivity contribution in [2.24, 2.45) is 0 Å². The van der Waals surface area contributed by atoms with Crippen LogP contribution in [0.1, 0.15) is 33.0 Å². The van der Waals surface area contributed by atoms with Gasteiger partial charge in [-0.15, -0.1) is 0 Å². The number of carbonyl (C=O) groups excluding carboxylic acids is 3. The molecule has 182 valence electrons. The molecule has 0 N–H and O–H groups in total. The lowest BCUT2D eigenvalue weighted by molar-refractivity contribution is -0.117. The number of carbonyl (C=O) groups is 3. The van der Waals surface area contributed by atoms with Crippen LogP contribution in [0.4, 0.5) is 5.69 Å². The molecule has 1 aromatic heterocycles. The summed E-state index contributed by atoms with van der Waals surface area (Å²) in [6.45, 7) is 0.219. The van der Waals surface area contributed by atoms with Crippen molar-refractivity contribution in [1.82, 2.24) is 14.9 Å². The van der Waals surface area contributed by atoms with Crippen LogP contribution in [0, 0.1) is 0 Å². The predicted octanol–water partition coefficient (Wildman–Crippen LogP) is 4.15. The molecule has 0 radical (unpaired) electrons. The molecule has 0 fully saturated rings. The number of rotatable bonds is 8. The highest BCUT2D eigenvalue weighted by Gasteiger charge is 2.24. The Labute approximate surface area is 209 Å². The van der Waals surface area contributed by atoms with E-state index in [0.717, 1.165) is 16.3 Å². The fourth-order valence-electron chi connectivity index (χ4n) is 3.86.